The molecule has 0 radical (unpaired) electrons. The molecule has 1 amide bonds. The van der Waals surface area contributed by atoms with Crippen molar-refractivity contribution in [1.29, 1.82) is 0 Å². The maximum Gasteiger partial charge on any atom is 0.414 e. The first-order valence-electron chi connectivity index (χ1n) is 8.72. The van der Waals surface area contributed by atoms with Gasteiger partial charge in [0.25, 0.3) is 0 Å². The fourth-order valence-corrected chi connectivity index (χ4v) is 3.21. The number of aromatic nitrogens is 2. The molecule has 2 aliphatic rings. The molecule has 10 heteroatoms. The Bertz CT molecular complexity index is 878. The third kappa shape index (κ3) is 4.34. The van der Waals surface area contributed by atoms with Gasteiger partial charge in [-0.2, -0.15) is 4.98 Å². The quantitative estimate of drug-likeness (QED) is 0.721. The van der Waals surface area contributed by atoms with Gasteiger partial charge in [-0.3, -0.25) is 9.69 Å². The minimum atomic E-state index is -1.82. The first-order valence-corrected chi connectivity index (χ1v) is 8.72. The summed E-state index contributed by atoms with van der Waals surface area (Å²) in [5.74, 6) is -1.86. The maximum atomic E-state index is 12.5. The normalized spacial score (nSPS) is 16.0. The van der Waals surface area contributed by atoms with E-state index in [9.17, 15) is 4.79 Å². The third-order valence-corrected chi connectivity index (χ3v) is 4.58. The van der Waals surface area contributed by atoms with Gasteiger partial charge in [-0.1, -0.05) is 23.4 Å². The summed E-state index contributed by atoms with van der Waals surface area (Å²) in [5.41, 5.74) is 2.33. The highest BCUT2D eigenvalue weighted by Gasteiger charge is 2.35. The van der Waals surface area contributed by atoms with E-state index in [1.807, 2.05) is 30.0 Å². The highest BCUT2D eigenvalue weighted by Crippen LogP contribution is 2.29. The second-order valence-corrected chi connectivity index (χ2v) is 6.61. The number of aliphatic carboxylic acids is 2. The monoisotopic (exact) mass is 388 g/mol. The van der Waals surface area contributed by atoms with Gasteiger partial charge in [0.1, 0.15) is 0 Å². The Morgan fingerprint density at radius 3 is 2.46 bits per heavy atom. The molecular weight excluding hydrogens is 368 g/mol. The van der Waals surface area contributed by atoms with E-state index in [0.717, 1.165) is 31.7 Å². The molecule has 0 atom stereocenters. The van der Waals surface area contributed by atoms with Crippen LogP contribution in [0.5, 0.6) is 0 Å². The number of anilines is 1. The van der Waals surface area contributed by atoms with Crippen molar-refractivity contribution in [2.75, 3.05) is 31.1 Å². The lowest BCUT2D eigenvalue weighted by Crippen LogP contribution is -2.50. The minimum Gasteiger partial charge on any atom is -0.473 e. The average molecular weight is 388 g/mol. The van der Waals surface area contributed by atoms with Crippen LogP contribution in [0, 0.1) is 6.92 Å². The fourth-order valence-electron chi connectivity index (χ4n) is 3.21. The van der Waals surface area contributed by atoms with Crippen LogP contribution in [-0.2, 0) is 20.8 Å². The Balaban J connectivity index is 0.000000330. The average Bonchev–Trinajstić information content (AvgIpc) is 3.24. The lowest BCUT2D eigenvalue weighted by atomic mass is 10.0. The Morgan fingerprint density at radius 2 is 1.86 bits per heavy atom. The number of benzene rings is 1. The molecule has 28 heavy (non-hydrogen) atoms. The maximum absolute atomic E-state index is 12.5. The van der Waals surface area contributed by atoms with Crippen LogP contribution in [0.25, 0.3) is 0 Å². The summed E-state index contributed by atoms with van der Waals surface area (Å²) < 4.78 is 5.18. The van der Waals surface area contributed by atoms with Gasteiger partial charge in [0, 0.05) is 25.3 Å². The highest BCUT2D eigenvalue weighted by molar-refractivity contribution is 6.27. The number of carbonyl (C=O) groups excluding carboxylic acids is 1. The van der Waals surface area contributed by atoms with Crippen LogP contribution >= 0.6 is 0 Å². The van der Waals surface area contributed by atoms with Gasteiger partial charge in [0.2, 0.25) is 11.8 Å². The third-order valence-electron chi connectivity index (χ3n) is 4.58. The molecule has 1 aromatic heterocycles. The summed E-state index contributed by atoms with van der Waals surface area (Å²) in [5, 5.41) is 18.6. The molecule has 0 saturated carbocycles. The molecular formula is C18H20N4O6. The SMILES string of the molecule is Cc1noc(C2CN(CC(=O)N3CCc4ccccc43)C2)n1.O=C(O)C(=O)O. The van der Waals surface area contributed by atoms with Gasteiger partial charge >= 0.3 is 11.9 Å². The summed E-state index contributed by atoms with van der Waals surface area (Å²) in [6.07, 6.45) is 0.950. The molecule has 4 rings (SSSR count). The number of fused-ring (bicyclic) bond motifs is 1. The number of nitrogens with zero attached hydrogens (tertiary/aromatic N) is 4. The number of hydrogen-bond donors (Lipinski definition) is 2. The first kappa shape index (κ1) is 19.5. The largest absolute Gasteiger partial charge is 0.473 e. The van der Waals surface area contributed by atoms with Gasteiger partial charge in [-0.05, 0) is 25.0 Å². The van der Waals surface area contributed by atoms with Crippen molar-refractivity contribution in [3.8, 4) is 0 Å². The smallest absolute Gasteiger partial charge is 0.414 e. The second-order valence-electron chi connectivity index (χ2n) is 6.61. The van der Waals surface area contributed by atoms with Crippen molar-refractivity contribution in [3.05, 3.63) is 41.5 Å². The molecule has 0 unspecified atom stereocenters. The van der Waals surface area contributed by atoms with E-state index in [-0.39, 0.29) is 11.8 Å². The van der Waals surface area contributed by atoms with Gasteiger partial charge < -0.3 is 19.6 Å². The molecule has 0 aliphatic carbocycles. The number of carboxylic acid groups (broad SMARTS) is 2. The zero-order valence-electron chi connectivity index (χ0n) is 15.2. The molecule has 0 bridgehead atoms. The summed E-state index contributed by atoms with van der Waals surface area (Å²) in [7, 11) is 0. The number of rotatable bonds is 3. The second kappa shape index (κ2) is 8.17. The number of carboxylic acids is 2. The molecule has 3 heterocycles. The standard InChI is InChI=1S/C16H18N4O2.C2H2O4/c1-11-17-16(22-18-11)13-8-19(9-13)10-15(21)20-7-6-12-4-2-3-5-14(12)20;3-1(4)2(5)6/h2-5,13H,6-10H2,1H3;(H,3,4)(H,5,6). The summed E-state index contributed by atoms with van der Waals surface area (Å²) in [6, 6.07) is 8.14. The molecule has 1 saturated heterocycles. The van der Waals surface area contributed by atoms with Crippen molar-refractivity contribution in [1.82, 2.24) is 15.0 Å². The van der Waals surface area contributed by atoms with E-state index in [0.29, 0.717) is 18.3 Å². The molecule has 1 aromatic carbocycles. The van der Waals surface area contributed by atoms with Gasteiger partial charge in [0.15, 0.2) is 5.82 Å². The number of carbonyl (C=O) groups is 3. The van der Waals surface area contributed by atoms with E-state index in [4.69, 9.17) is 24.3 Å². The molecule has 2 N–H and O–H groups in total. The van der Waals surface area contributed by atoms with E-state index in [1.54, 1.807) is 0 Å². The number of amides is 1. The lowest BCUT2D eigenvalue weighted by Gasteiger charge is -2.37. The van der Waals surface area contributed by atoms with Gasteiger partial charge in [-0.25, -0.2) is 9.59 Å². The summed E-state index contributed by atoms with van der Waals surface area (Å²) >= 11 is 0. The Hall–Kier alpha value is -3.27. The van der Waals surface area contributed by atoms with Crippen LogP contribution in [0.2, 0.25) is 0 Å². The lowest BCUT2D eigenvalue weighted by molar-refractivity contribution is -0.159. The van der Waals surface area contributed by atoms with Crippen LogP contribution in [0.1, 0.15) is 23.2 Å². The van der Waals surface area contributed by atoms with Crippen molar-refractivity contribution >= 4 is 23.5 Å². The highest BCUT2D eigenvalue weighted by atomic mass is 16.5. The number of para-hydroxylation sites is 1. The first-order chi connectivity index (χ1) is 13.3. The van der Waals surface area contributed by atoms with Crippen LogP contribution in [0.4, 0.5) is 5.69 Å². The van der Waals surface area contributed by atoms with E-state index in [1.165, 1.54) is 5.56 Å². The van der Waals surface area contributed by atoms with Crippen LogP contribution < -0.4 is 4.90 Å². The van der Waals surface area contributed by atoms with E-state index in [2.05, 4.69) is 21.1 Å². The van der Waals surface area contributed by atoms with Crippen molar-refractivity contribution in [3.63, 3.8) is 0 Å². The number of aryl methyl sites for hydroxylation is 1. The van der Waals surface area contributed by atoms with Crippen molar-refractivity contribution < 1.29 is 29.1 Å². The number of likely N-dealkylation sites (tertiary alicyclic amines) is 1. The molecule has 10 nitrogen and oxygen atoms in total. The van der Waals surface area contributed by atoms with E-state index < -0.39 is 11.9 Å². The zero-order valence-corrected chi connectivity index (χ0v) is 15.2. The molecule has 0 spiro atoms. The van der Waals surface area contributed by atoms with Crippen molar-refractivity contribution in [2.45, 2.75) is 19.3 Å². The topological polar surface area (TPSA) is 137 Å². The number of hydrogen-bond acceptors (Lipinski definition) is 7. The molecule has 148 valence electrons. The van der Waals surface area contributed by atoms with Crippen LogP contribution in [0.3, 0.4) is 0 Å². The van der Waals surface area contributed by atoms with Crippen LogP contribution in [-0.4, -0.2) is 69.3 Å². The summed E-state index contributed by atoms with van der Waals surface area (Å²) in [6.45, 7) is 4.68. The molecule has 1 fully saturated rings. The summed E-state index contributed by atoms with van der Waals surface area (Å²) in [4.78, 5) is 39.0. The Kier molecular flexibility index (Phi) is 5.69. The molecule has 2 aliphatic heterocycles. The van der Waals surface area contributed by atoms with Crippen LogP contribution in [0.15, 0.2) is 28.8 Å². The Labute approximate surface area is 160 Å². The van der Waals surface area contributed by atoms with E-state index >= 15 is 0 Å². The van der Waals surface area contributed by atoms with Gasteiger partial charge in [-0.15, -0.1) is 0 Å². The fraction of sp³-hybridized carbons (Fsp3) is 0.389. The minimum absolute atomic E-state index is 0.171. The predicted molar refractivity (Wildman–Crippen MR) is 96.0 cm³/mol. The molecule has 2 aromatic rings. The predicted octanol–water partition coefficient (Wildman–Crippen LogP) is 0.522. The zero-order chi connectivity index (χ0) is 20.3. The Morgan fingerprint density at radius 1 is 1.18 bits per heavy atom. The van der Waals surface area contributed by atoms with Gasteiger partial charge in [0.05, 0.1) is 12.5 Å². The van der Waals surface area contributed by atoms with Crippen molar-refractivity contribution in [2.24, 2.45) is 0 Å².